The Hall–Kier alpha value is -2.06. The number of carbonyl (C=O) groups is 3. The summed E-state index contributed by atoms with van der Waals surface area (Å²) in [4.78, 5) is 40.9. The molecule has 3 aliphatic rings. The molecule has 2 heterocycles. The second kappa shape index (κ2) is 7.99. The maximum Gasteiger partial charge on any atom is 0.325 e. The molecule has 3 fully saturated rings. The van der Waals surface area contributed by atoms with Crippen LogP contribution in [0.4, 0.5) is 10.5 Å². The van der Waals surface area contributed by atoms with Gasteiger partial charge < -0.3 is 10.6 Å². The second-order valence-electron chi connectivity index (χ2n) is 8.38. The van der Waals surface area contributed by atoms with Crippen LogP contribution in [-0.2, 0) is 16.1 Å². The summed E-state index contributed by atoms with van der Waals surface area (Å²) in [7, 11) is 0. The van der Waals surface area contributed by atoms with Crippen LogP contribution in [0.5, 0.6) is 0 Å². The number of hydrogen-bond acceptors (Lipinski definition) is 5. The molecular weight excluding hydrogens is 388 g/mol. The fourth-order valence-corrected chi connectivity index (χ4v) is 5.09. The van der Waals surface area contributed by atoms with Gasteiger partial charge in [-0.05, 0) is 49.8 Å². The first-order valence-corrected chi connectivity index (χ1v) is 11.4. The SMILES string of the molecule is Cc1cc(CN2CCSCC2)ccc1NC(=O)CN1C(=O)NC(C)(C2CC2)C1=O. The van der Waals surface area contributed by atoms with Crippen molar-refractivity contribution in [2.75, 3.05) is 36.5 Å². The highest BCUT2D eigenvalue weighted by Gasteiger charge is 2.56. The first kappa shape index (κ1) is 20.2. The minimum atomic E-state index is -0.859. The molecule has 2 aliphatic heterocycles. The Balaban J connectivity index is 1.35. The number of anilines is 1. The van der Waals surface area contributed by atoms with Crippen LogP contribution in [0, 0.1) is 12.8 Å². The predicted octanol–water partition coefficient (Wildman–Crippen LogP) is 2.20. The van der Waals surface area contributed by atoms with E-state index in [1.807, 2.05) is 30.8 Å². The molecule has 1 unspecified atom stereocenters. The van der Waals surface area contributed by atoms with E-state index in [0.29, 0.717) is 5.69 Å². The van der Waals surface area contributed by atoms with Gasteiger partial charge in [0, 0.05) is 36.8 Å². The summed E-state index contributed by atoms with van der Waals surface area (Å²) in [5.41, 5.74) is 2.05. The van der Waals surface area contributed by atoms with E-state index in [4.69, 9.17) is 0 Å². The number of amides is 4. The van der Waals surface area contributed by atoms with E-state index in [1.54, 1.807) is 6.92 Å². The molecule has 1 aliphatic carbocycles. The highest BCUT2D eigenvalue weighted by molar-refractivity contribution is 7.99. The average Bonchev–Trinajstić information content (AvgIpc) is 3.51. The number of nitrogens with one attached hydrogen (secondary N) is 2. The number of hydrogen-bond donors (Lipinski definition) is 2. The maximum atomic E-state index is 12.7. The molecule has 0 bridgehead atoms. The van der Waals surface area contributed by atoms with Crippen LogP contribution in [0.15, 0.2) is 18.2 Å². The zero-order chi connectivity index (χ0) is 20.6. The maximum absolute atomic E-state index is 12.7. The summed E-state index contributed by atoms with van der Waals surface area (Å²) in [6, 6.07) is 5.55. The third-order valence-electron chi connectivity index (χ3n) is 6.07. The van der Waals surface area contributed by atoms with E-state index >= 15 is 0 Å². The standard InChI is InChI=1S/C21H28N4O3S/c1-14-11-15(12-24-7-9-29-10-8-24)3-6-17(14)22-18(26)13-25-19(27)21(2,16-4-5-16)23-20(25)28/h3,6,11,16H,4-5,7-10,12-13H2,1-2H3,(H,22,26)(H,23,28). The predicted molar refractivity (Wildman–Crippen MR) is 114 cm³/mol. The van der Waals surface area contributed by atoms with Crippen LogP contribution in [-0.4, -0.2) is 64.3 Å². The molecule has 1 aromatic carbocycles. The van der Waals surface area contributed by atoms with Gasteiger partial charge in [0.15, 0.2) is 0 Å². The Morgan fingerprint density at radius 3 is 2.66 bits per heavy atom. The van der Waals surface area contributed by atoms with E-state index in [9.17, 15) is 14.4 Å². The molecule has 4 rings (SSSR count). The topological polar surface area (TPSA) is 81.8 Å². The van der Waals surface area contributed by atoms with Crippen LogP contribution < -0.4 is 10.6 Å². The lowest BCUT2D eigenvalue weighted by atomic mass is 9.96. The normalized spacial score (nSPS) is 25.2. The molecule has 29 heavy (non-hydrogen) atoms. The molecule has 156 valence electrons. The number of benzene rings is 1. The number of carbonyl (C=O) groups excluding carboxylic acids is 3. The zero-order valence-electron chi connectivity index (χ0n) is 17.0. The molecule has 2 N–H and O–H groups in total. The zero-order valence-corrected chi connectivity index (χ0v) is 17.8. The van der Waals surface area contributed by atoms with Gasteiger partial charge in [-0.1, -0.05) is 12.1 Å². The number of thioether (sulfide) groups is 1. The van der Waals surface area contributed by atoms with Crippen molar-refractivity contribution in [1.29, 1.82) is 0 Å². The molecular formula is C21H28N4O3S. The van der Waals surface area contributed by atoms with Crippen molar-refractivity contribution in [3.8, 4) is 0 Å². The lowest BCUT2D eigenvalue weighted by Crippen LogP contribution is -2.46. The van der Waals surface area contributed by atoms with Gasteiger partial charge in [0.25, 0.3) is 5.91 Å². The Morgan fingerprint density at radius 2 is 2.00 bits per heavy atom. The van der Waals surface area contributed by atoms with E-state index in [-0.39, 0.29) is 24.3 Å². The molecule has 1 saturated carbocycles. The van der Waals surface area contributed by atoms with E-state index in [2.05, 4.69) is 21.6 Å². The van der Waals surface area contributed by atoms with Gasteiger partial charge in [0.1, 0.15) is 12.1 Å². The molecule has 0 aromatic heterocycles. The van der Waals surface area contributed by atoms with Gasteiger partial charge in [-0.25, -0.2) is 4.79 Å². The van der Waals surface area contributed by atoms with Gasteiger partial charge in [0.2, 0.25) is 5.91 Å². The molecule has 4 amide bonds. The summed E-state index contributed by atoms with van der Waals surface area (Å²) in [5.74, 6) is 1.87. The summed E-state index contributed by atoms with van der Waals surface area (Å²) in [5, 5.41) is 5.62. The number of imide groups is 1. The van der Waals surface area contributed by atoms with Crippen molar-refractivity contribution in [2.24, 2.45) is 5.92 Å². The highest BCUT2D eigenvalue weighted by atomic mass is 32.2. The molecule has 0 radical (unpaired) electrons. The fourth-order valence-electron chi connectivity index (χ4n) is 4.11. The fraction of sp³-hybridized carbons (Fsp3) is 0.571. The van der Waals surface area contributed by atoms with Gasteiger partial charge in [-0.3, -0.25) is 19.4 Å². The lowest BCUT2D eigenvalue weighted by Gasteiger charge is -2.26. The smallest absolute Gasteiger partial charge is 0.324 e. The van der Waals surface area contributed by atoms with Crippen LogP contribution in [0.3, 0.4) is 0 Å². The molecule has 8 heteroatoms. The van der Waals surface area contributed by atoms with Gasteiger partial charge >= 0.3 is 6.03 Å². The van der Waals surface area contributed by atoms with Crippen molar-refractivity contribution in [3.05, 3.63) is 29.3 Å². The first-order valence-electron chi connectivity index (χ1n) is 10.2. The summed E-state index contributed by atoms with van der Waals surface area (Å²) in [6.07, 6.45) is 1.87. The Bertz CT molecular complexity index is 835. The van der Waals surface area contributed by atoms with Crippen molar-refractivity contribution in [2.45, 2.75) is 38.8 Å². The Labute approximate surface area is 175 Å². The average molecular weight is 417 g/mol. The molecule has 1 atom stereocenters. The van der Waals surface area contributed by atoms with Crippen molar-refractivity contribution in [1.82, 2.24) is 15.1 Å². The largest absolute Gasteiger partial charge is 0.325 e. The number of urea groups is 1. The molecule has 0 spiro atoms. The molecule has 7 nitrogen and oxygen atoms in total. The summed E-state index contributed by atoms with van der Waals surface area (Å²) in [6.45, 7) is 6.58. The van der Waals surface area contributed by atoms with E-state index in [1.165, 1.54) is 17.1 Å². The van der Waals surface area contributed by atoms with Crippen molar-refractivity contribution in [3.63, 3.8) is 0 Å². The summed E-state index contributed by atoms with van der Waals surface area (Å²) >= 11 is 1.99. The Kier molecular flexibility index (Phi) is 5.57. The van der Waals surface area contributed by atoms with Gasteiger partial charge in [0.05, 0.1) is 0 Å². The van der Waals surface area contributed by atoms with Crippen LogP contribution in [0.1, 0.15) is 30.9 Å². The number of aryl methyl sites for hydroxylation is 1. The minimum absolute atomic E-state index is 0.181. The number of rotatable bonds is 6. The van der Waals surface area contributed by atoms with E-state index < -0.39 is 11.6 Å². The molecule has 1 aromatic rings. The highest BCUT2D eigenvalue weighted by Crippen LogP contribution is 2.42. The van der Waals surface area contributed by atoms with Gasteiger partial charge in [-0.2, -0.15) is 11.8 Å². The van der Waals surface area contributed by atoms with E-state index in [0.717, 1.165) is 42.9 Å². The minimum Gasteiger partial charge on any atom is -0.324 e. The van der Waals surface area contributed by atoms with Gasteiger partial charge in [-0.15, -0.1) is 0 Å². The number of nitrogens with zero attached hydrogens (tertiary/aromatic N) is 2. The monoisotopic (exact) mass is 416 g/mol. The second-order valence-corrected chi connectivity index (χ2v) is 9.61. The van der Waals surface area contributed by atoms with Crippen LogP contribution in [0.25, 0.3) is 0 Å². The summed E-state index contributed by atoms with van der Waals surface area (Å²) < 4.78 is 0. The molecule has 2 saturated heterocycles. The van der Waals surface area contributed by atoms with Crippen LogP contribution in [0.2, 0.25) is 0 Å². The third-order valence-corrected chi connectivity index (χ3v) is 7.01. The van der Waals surface area contributed by atoms with Crippen LogP contribution >= 0.6 is 11.8 Å². The van der Waals surface area contributed by atoms with Crippen molar-refractivity contribution < 1.29 is 14.4 Å². The van der Waals surface area contributed by atoms with Crippen molar-refractivity contribution >= 4 is 35.3 Å². The Morgan fingerprint density at radius 1 is 1.28 bits per heavy atom. The quantitative estimate of drug-likeness (QED) is 0.695. The lowest BCUT2D eigenvalue weighted by molar-refractivity contribution is -0.134. The first-order chi connectivity index (χ1) is 13.9. The third kappa shape index (κ3) is 4.28.